The predicted octanol–water partition coefficient (Wildman–Crippen LogP) is 0.315. The molecular weight excluding hydrogens is 210 g/mol. The highest BCUT2D eigenvalue weighted by atomic mass is 32.1. The highest BCUT2D eigenvalue weighted by Gasteiger charge is 1.96. The molecule has 0 radical (unpaired) electrons. The number of nitrogens with two attached hydrogens (primary N) is 1. The van der Waals surface area contributed by atoms with Crippen molar-refractivity contribution in [3.05, 3.63) is 24.0 Å². The van der Waals surface area contributed by atoms with Crippen molar-refractivity contribution in [1.82, 2.24) is 10.4 Å². The molecule has 1 rings (SSSR count). The standard InChI is InChI=1S/C9H13N5S/c1-14(2)8-3-4-11-7(5-8)6-12-13-9(10)15/h3-6H,1-2H3,(H3,10,13,15). The van der Waals surface area contributed by atoms with Crippen molar-refractivity contribution in [3.8, 4) is 0 Å². The molecular formula is C9H13N5S. The molecule has 0 amide bonds. The van der Waals surface area contributed by atoms with Crippen LogP contribution in [0, 0.1) is 0 Å². The molecule has 0 aliphatic carbocycles. The lowest BCUT2D eigenvalue weighted by Gasteiger charge is -2.11. The van der Waals surface area contributed by atoms with E-state index in [-0.39, 0.29) is 5.11 Å². The van der Waals surface area contributed by atoms with E-state index in [4.69, 9.17) is 5.73 Å². The van der Waals surface area contributed by atoms with Crippen LogP contribution in [0.5, 0.6) is 0 Å². The van der Waals surface area contributed by atoms with E-state index in [9.17, 15) is 0 Å². The van der Waals surface area contributed by atoms with E-state index in [1.807, 2.05) is 31.1 Å². The summed E-state index contributed by atoms with van der Waals surface area (Å²) >= 11 is 4.60. The summed E-state index contributed by atoms with van der Waals surface area (Å²) in [4.78, 5) is 6.10. The van der Waals surface area contributed by atoms with Gasteiger partial charge < -0.3 is 10.6 Å². The minimum Gasteiger partial charge on any atom is -0.378 e. The number of nitrogens with one attached hydrogen (secondary N) is 1. The average Bonchev–Trinajstić information content (AvgIpc) is 2.17. The van der Waals surface area contributed by atoms with Gasteiger partial charge in [0, 0.05) is 26.0 Å². The lowest BCUT2D eigenvalue weighted by atomic mass is 10.3. The number of hydrazone groups is 1. The number of thiocarbonyl (C=S) groups is 1. The molecule has 1 aromatic rings. The lowest BCUT2D eigenvalue weighted by Crippen LogP contribution is -2.24. The summed E-state index contributed by atoms with van der Waals surface area (Å²) in [5, 5.41) is 3.95. The fourth-order valence-corrected chi connectivity index (χ4v) is 1.00. The van der Waals surface area contributed by atoms with Crippen LogP contribution in [0.2, 0.25) is 0 Å². The van der Waals surface area contributed by atoms with E-state index in [0.717, 1.165) is 11.4 Å². The first-order valence-electron chi connectivity index (χ1n) is 4.31. The van der Waals surface area contributed by atoms with Gasteiger partial charge in [-0.05, 0) is 24.4 Å². The SMILES string of the molecule is CN(C)c1ccnc(C=NNC(N)=S)c1. The molecule has 0 aliphatic heterocycles. The van der Waals surface area contributed by atoms with Crippen LogP contribution >= 0.6 is 12.2 Å². The van der Waals surface area contributed by atoms with Gasteiger partial charge in [-0.1, -0.05) is 0 Å². The summed E-state index contributed by atoms with van der Waals surface area (Å²) in [6.45, 7) is 0. The maximum Gasteiger partial charge on any atom is 0.184 e. The van der Waals surface area contributed by atoms with Gasteiger partial charge in [0.25, 0.3) is 0 Å². The molecule has 3 N–H and O–H groups in total. The van der Waals surface area contributed by atoms with Crippen molar-refractivity contribution >= 4 is 29.2 Å². The van der Waals surface area contributed by atoms with Gasteiger partial charge in [0.2, 0.25) is 0 Å². The number of rotatable bonds is 3. The monoisotopic (exact) mass is 223 g/mol. The van der Waals surface area contributed by atoms with Crippen LogP contribution in [0.3, 0.4) is 0 Å². The number of nitrogens with zero attached hydrogens (tertiary/aromatic N) is 3. The Balaban J connectivity index is 2.73. The third kappa shape index (κ3) is 3.90. The van der Waals surface area contributed by atoms with E-state index in [1.165, 1.54) is 0 Å². The molecule has 15 heavy (non-hydrogen) atoms. The van der Waals surface area contributed by atoms with Gasteiger partial charge in [0.15, 0.2) is 5.11 Å². The molecule has 0 aliphatic rings. The van der Waals surface area contributed by atoms with E-state index in [2.05, 4.69) is 27.7 Å². The highest BCUT2D eigenvalue weighted by molar-refractivity contribution is 7.80. The topological polar surface area (TPSA) is 66.5 Å². The molecule has 1 aromatic heterocycles. The van der Waals surface area contributed by atoms with Crippen LogP contribution in [0.25, 0.3) is 0 Å². The number of pyridine rings is 1. The molecule has 0 bridgehead atoms. The zero-order chi connectivity index (χ0) is 11.3. The first kappa shape index (κ1) is 11.4. The van der Waals surface area contributed by atoms with Crippen molar-refractivity contribution < 1.29 is 0 Å². The first-order chi connectivity index (χ1) is 7.09. The lowest BCUT2D eigenvalue weighted by molar-refractivity contribution is 1.04. The van der Waals surface area contributed by atoms with E-state index in [0.29, 0.717) is 0 Å². The van der Waals surface area contributed by atoms with Crippen LogP contribution in [0.1, 0.15) is 5.69 Å². The molecule has 5 nitrogen and oxygen atoms in total. The van der Waals surface area contributed by atoms with Crippen LogP contribution < -0.4 is 16.1 Å². The Labute approximate surface area is 94.0 Å². The van der Waals surface area contributed by atoms with Crippen LogP contribution in [0.15, 0.2) is 23.4 Å². The van der Waals surface area contributed by atoms with E-state index < -0.39 is 0 Å². The van der Waals surface area contributed by atoms with Gasteiger partial charge in [-0.15, -0.1) is 0 Å². The summed E-state index contributed by atoms with van der Waals surface area (Å²) < 4.78 is 0. The predicted molar refractivity (Wildman–Crippen MR) is 66.1 cm³/mol. The van der Waals surface area contributed by atoms with E-state index in [1.54, 1.807) is 12.4 Å². The normalized spacial score (nSPS) is 10.3. The second kappa shape index (κ2) is 5.26. The Kier molecular flexibility index (Phi) is 3.99. The largest absolute Gasteiger partial charge is 0.378 e. The second-order valence-corrected chi connectivity index (χ2v) is 3.51. The van der Waals surface area contributed by atoms with Gasteiger partial charge in [-0.3, -0.25) is 10.4 Å². The Morgan fingerprint density at radius 2 is 2.40 bits per heavy atom. The molecule has 0 aromatic carbocycles. The van der Waals surface area contributed by atoms with E-state index >= 15 is 0 Å². The molecule has 80 valence electrons. The Morgan fingerprint density at radius 1 is 1.67 bits per heavy atom. The highest BCUT2D eigenvalue weighted by Crippen LogP contribution is 2.09. The second-order valence-electron chi connectivity index (χ2n) is 3.07. The third-order valence-electron chi connectivity index (χ3n) is 1.65. The minimum absolute atomic E-state index is 0.134. The van der Waals surface area contributed by atoms with Gasteiger partial charge in [-0.25, -0.2) is 0 Å². The third-order valence-corrected chi connectivity index (χ3v) is 1.74. The fourth-order valence-electron chi connectivity index (χ4n) is 0.947. The zero-order valence-corrected chi connectivity index (χ0v) is 9.45. The molecule has 0 saturated heterocycles. The van der Waals surface area contributed by atoms with Gasteiger partial charge in [-0.2, -0.15) is 5.10 Å². The molecule has 0 fully saturated rings. The van der Waals surface area contributed by atoms with Gasteiger partial charge in [0.05, 0.1) is 11.9 Å². The zero-order valence-electron chi connectivity index (χ0n) is 8.64. The fraction of sp³-hybridized carbons (Fsp3) is 0.222. The van der Waals surface area contributed by atoms with Crippen molar-refractivity contribution in [2.45, 2.75) is 0 Å². The van der Waals surface area contributed by atoms with Gasteiger partial charge >= 0.3 is 0 Å². The maximum absolute atomic E-state index is 5.21. The summed E-state index contributed by atoms with van der Waals surface area (Å²) in [6.07, 6.45) is 3.28. The maximum atomic E-state index is 5.21. The van der Waals surface area contributed by atoms with Crippen LogP contribution in [-0.4, -0.2) is 30.4 Å². The van der Waals surface area contributed by atoms with Crippen LogP contribution in [-0.2, 0) is 0 Å². The van der Waals surface area contributed by atoms with Crippen molar-refractivity contribution in [3.63, 3.8) is 0 Å². The number of anilines is 1. The quantitative estimate of drug-likeness (QED) is 0.439. The molecule has 1 heterocycles. The van der Waals surface area contributed by atoms with Crippen LogP contribution in [0.4, 0.5) is 5.69 Å². The number of hydrogen-bond acceptors (Lipinski definition) is 4. The average molecular weight is 223 g/mol. The first-order valence-corrected chi connectivity index (χ1v) is 4.72. The Bertz CT molecular complexity index is 375. The summed E-state index contributed by atoms with van der Waals surface area (Å²) in [7, 11) is 3.92. The molecule has 0 saturated carbocycles. The summed E-state index contributed by atoms with van der Waals surface area (Å²) in [5.74, 6) is 0. The smallest absolute Gasteiger partial charge is 0.184 e. The van der Waals surface area contributed by atoms with Crippen molar-refractivity contribution in [1.29, 1.82) is 0 Å². The van der Waals surface area contributed by atoms with Crippen molar-refractivity contribution in [2.75, 3.05) is 19.0 Å². The number of hydrogen-bond donors (Lipinski definition) is 2. The summed E-state index contributed by atoms with van der Waals surface area (Å²) in [5.41, 5.74) is 9.48. The van der Waals surface area contributed by atoms with Crippen molar-refractivity contribution in [2.24, 2.45) is 10.8 Å². The minimum atomic E-state index is 0.134. The molecule has 6 heteroatoms. The molecule has 0 atom stereocenters. The van der Waals surface area contributed by atoms with Gasteiger partial charge in [0.1, 0.15) is 0 Å². The molecule has 0 spiro atoms. The Morgan fingerprint density at radius 3 is 3.00 bits per heavy atom. The summed E-state index contributed by atoms with van der Waals surface area (Å²) in [6, 6.07) is 3.82. The Hall–Kier alpha value is -1.69. The number of aromatic nitrogens is 1. The molecule has 0 unspecified atom stereocenters.